The minimum absolute atomic E-state index is 0.0475. The molecule has 2 fully saturated rings. The molecular weight excluding hydrogens is 455 g/mol. The van der Waals surface area contributed by atoms with Crippen molar-refractivity contribution in [1.82, 2.24) is 9.88 Å². The van der Waals surface area contributed by atoms with E-state index < -0.39 is 17.9 Å². The molecule has 6 nitrogen and oxygen atoms in total. The predicted molar refractivity (Wildman–Crippen MR) is 133 cm³/mol. The monoisotopic (exact) mass is 490 g/mol. The van der Waals surface area contributed by atoms with E-state index in [1.807, 2.05) is 11.8 Å². The Hall–Kier alpha value is -1.90. The summed E-state index contributed by atoms with van der Waals surface area (Å²) in [5.41, 5.74) is 0.845. The molecule has 1 aliphatic carbocycles. The first-order chi connectivity index (χ1) is 16.4. The third kappa shape index (κ3) is 6.20. The predicted octanol–water partition coefficient (Wildman–Crippen LogP) is 4.89. The number of aliphatic hydroxyl groups excluding tert-OH is 1. The molecule has 2 N–H and O–H groups in total. The maximum atomic E-state index is 14.7. The largest absolute Gasteiger partial charge is 0.497 e. The standard InChI is InChI=1S/C26H35FN2O4S/c1-33-19-6-7-23-21(14-19)26(22(27)15-28-23)24(30)8-5-17-9-10-29(16-18(17)13-25(31)32)11-12-34-20-3-2-4-20/h6-7,14-15,17-18,20,24,30H,2-5,8-13,16H2,1H3,(H,31,32)/t17-,18+,24+/m1/s1. The number of carbonyl (C=O) groups is 1. The number of pyridine rings is 1. The van der Waals surface area contributed by atoms with Crippen LogP contribution in [0.15, 0.2) is 24.4 Å². The number of thioether (sulfide) groups is 1. The first-order valence-corrected chi connectivity index (χ1v) is 13.4. The van der Waals surface area contributed by atoms with Gasteiger partial charge in [0.15, 0.2) is 0 Å². The van der Waals surface area contributed by atoms with E-state index in [1.165, 1.54) is 19.3 Å². The van der Waals surface area contributed by atoms with Crippen molar-refractivity contribution in [2.75, 3.05) is 32.5 Å². The fourth-order valence-electron chi connectivity index (χ4n) is 5.23. The number of nitrogens with zero attached hydrogens (tertiary/aromatic N) is 2. The molecule has 4 rings (SSSR count). The second-order valence-electron chi connectivity index (χ2n) is 9.63. The summed E-state index contributed by atoms with van der Waals surface area (Å²) in [6, 6.07) is 5.22. The first kappa shape index (κ1) is 25.2. The molecule has 3 atom stereocenters. The van der Waals surface area contributed by atoms with Crippen LogP contribution >= 0.6 is 11.8 Å². The van der Waals surface area contributed by atoms with Crippen molar-refractivity contribution in [2.24, 2.45) is 11.8 Å². The third-order valence-electron chi connectivity index (χ3n) is 7.44. The molecule has 2 aliphatic rings. The number of hydrogen-bond acceptors (Lipinski definition) is 6. The molecule has 1 saturated carbocycles. The number of fused-ring (bicyclic) bond motifs is 1. The molecule has 2 aromatic rings. The Bertz CT molecular complexity index is 987. The van der Waals surface area contributed by atoms with E-state index in [9.17, 15) is 19.4 Å². The van der Waals surface area contributed by atoms with Crippen LogP contribution in [0.25, 0.3) is 10.9 Å². The van der Waals surface area contributed by atoms with Crippen LogP contribution in [0.1, 0.15) is 56.6 Å². The second-order valence-corrected chi connectivity index (χ2v) is 11.0. The van der Waals surface area contributed by atoms with Gasteiger partial charge in [0.05, 0.1) is 24.9 Å². The lowest BCUT2D eigenvalue weighted by atomic mass is 9.79. The van der Waals surface area contributed by atoms with Gasteiger partial charge in [0, 0.05) is 41.5 Å². The molecule has 1 aliphatic heterocycles. The summed E-state index contributed by atoms with van der Waals surface area (Å²) < 4.78 is 20.0. The van der Waals surface area contributed by atoms with Crippen LogP contribution in [-0.4, -0.2) is 63.8 Å². The smallest absolute Gasteiger partial charge is 0.303 e. The van der Waals surface area contributed by atoms with Gasteiger partial charge in [0.1, 0.15) is 11.6 Å². The molecular formula is C26H35FN2O4S. The SMILES string of the molecule is COc1ccc2ncc(F)c([C@@H](O)CC[C@@H]3CCN(CCSC4CCC4)C[C@@H]3CC(=O)O)c2c1. The highest BCUT2D eigenvalue weighted by molar-refractivity contribution is 7.99. The number of ether oxygens (including phenoxy) is 1. The van der Waals surface area contributed by atoms with Gasteiger partial charge in [-0.2, -0.15) is 11.8 Å². The van der Waals surface area contributed by atoms with Gasteiger partial charge >= 0.3 is 5.97 Å². The Morgan fingerprint density at radius 1 is 1.32 bits per heavy atom. The Kier molecular flexibility index (Phi) is 8.66. The lowest BCUT2D eigenvalue weighted by molar-refractivity contribution is -0.139. The topological polar surface area (TPSA) is 82.9 Å². The van der Waals surface area contributed by atoms with Crippen molar-refractivity contribution in [3.63, 3.8) is 0 Å². The minimum Gasteiger partial charge on any atom is -0.497 e. The summed E-state index contributed by atoms with van der Waals surface area (Å²) in [4.78, 5) is 18.1. The van der Waals surface area contributed by atoms with Crippen molar-refractivity contribution < 1.29 is 24.1 Å². The van der Waals surface area contributed by atoms with E-state index in [1.54, 1.807) is 25.3 Å². The quantitative estimate of drug-likeness (QED) is 0.464. The zero-order valence-corrected chi connectivity index (χ0v) is 20.6. The summed E-state index contributed by atoms with van der Waals surface area (Å²) in [6.07, 6.45) is 6.27. The van der Waals surface area contributed by atoms with Crippen LogP contribution in [0.4, 0.5) is 4.39 Å². The molecule has 0 amide bonds. The molecule has 2 heterocycles. The van der Waals surface area contributed by atoms with E-state index in [-0.39, 0.29) is 23.8 Å². The van der Waals surface area contributed by atoms with Gasteiger partial charge in [-0.1, -0.05) is 6.42 Å². The number of aliphatic carboxylic acids is 1. The molecule has 1 aromatic heterocycles. The Morgan fingerprint density at radius 3 is 2.85 bits per heavy atom. The lowest BCUT2D eigenvalue weighted by Crippen LogP contribution is -2.42. The summed E-state index contributed by atoms with van der Waals surface area (Å²) in [6.45, 7) is 2.73. The fraction of sp³-hybridized carbons (Fsp3) is 0.615. The zero-order chi connectivity index (χ0) is 24.1. The highest BCUT2D eigenvalue weighted by Gasteiger charge is 2.32. The van der Waals surface area contributed by atoms with Crippen molar-refractivity contribution in [2.45, 2.75) is 56.3 Å². The van der Waals surface area contributed by atoms with Crippen LogP contribution in [0.3, 0.4) is 0 Å². The van der Waals surface area contributed by atoms with Crippen LogP contribution in [0.5, 0.6) is 5.75 Å². The van der Waals surface area contributed by atoms with E-state index >= 15 is 0 Å². The Labute approximate surface area is 204 Å². The zero-order valence-electron chi connectivity index (χ0n) is 19.8. The summed E-state index contributed by atoms with van der Waals surface area (Å²) in [5.74, 6) is 0.621. The van der Waals surface area contributed by atoms with Gasteiger partial charge in [-0.05, 0) is 68.7 Å². The molecule has 34 heavy (non-hydrogen) atoms. The number of likely N-dealkylation sites (tertiary alicyclic amines) is 1. The van der Waals surface area contributed by atoms with E-state index in [2.05, 4.69) is 9.88 Å². The number of benzene rings is 1. The number of carboxylic acid groups (broad SMARTS) is 1. The molecule has 0 bridgehead atoms. The summed E-state index contributed by atoms with van der Waals surface area (Å²) in [5, 5.41) is 21.8. The first-order valence-electron chi connectivity index (χ1n) is 12.3. The molecule has 0 radical (unpaired) electrons. The van der Waals surface area contributed by atoms with Crippen molar-refractivity contribution in [3.8, 4) is 5.75 Å². The van der Waals surface area contributed by atoms with Gasteiger partial charge in [0.25, 0.3) is 0 Å². The maximum absolute atomic E-state index is 14.7. The van der Waals surface area contributed by atoms with Crippen LogP contribution in [0, 0.1) is 17.7 Å². The van der Waals surface area contributed by atoms with Crippen molar-refractivity contribution >= 4 is 28.6 Å². The van der Waals surface area contributed by atoms with Gasteiger partial charge in [-0.25, -0.2) is 4.39 Å². The number of aromatic nitrogens is 1. The van der Waals surface area contributed by atoms with E-state index in [4.69, 9.17) is 4.74 Å². The Balaban J connectivity index is 1.38. The minimum atomic E-state index is -0.986. The fourth-order valence-corrected chi connectivity index (χ4v) is 6.59. The molecule has 1 saturated heterocycles. The van der Waals surface area contributed by atoms with E-state index in [0.717, 1.165) is 43.3 Å². The van der Waals surface area contributed by atoms with E-state index in [0.29, 0.717) is 29.5 Å². The van der Waals surface area contributed by atoms with Gasteiger partial charge in [-0.3, -0.25) is 9.78 Å². The van der Waals surface area contributed by atoms with Crippen molar-refractivity contribution in [3.05, 3.63) is 35.8 Å². The molecule has 0 unspecified atom stereocenters. The van der Waals surface area contributed by atoms with Gasteiger partial charge in [0.2, 0.25) is 0 Å². The van der Waals surface area contributed by atoms with Crippen LogP contribution < -0.4 is 4.74 Å². The number of halogens is 1. The molecule has 0 spiro atoms. The van der Waals surface area contributed by atoms with Crippen molar-refractivity contribution in [1.29, 1.82) is 0 Å². The number of methoxy groups -OCH3 is 1. The summed E-state index contributed by atoms with van der Waals surface area (Å²) >= 11 is 2.05. The lowest BCUT2D eigenvalue weighted by Gasteiger charge is -2.39. The number of hydrogen-bond donors (Lipinski definition) is 2. The second kappa shape index (κ2) is 11.7. The molecule has 186 valence electrons. The molecule has 8 heteroatoms. The number of piperidine rings is 1. The number of aliphatic hydroxyl groups is 1. The van der Waals surface area contributed by atoms with Crippen LogP contribution in [-0.2, 0) is 4.79 Å². The Morgan fingerprint density at radius 2 is 2.15 bits per heavy atom. The maximum Gasteiger partial charge on any atom is 0.303 e. The average Bonchev–Trinajstić information content (AvgIpc) is 2.79. The number of rotatable bonds is 11. The molecule has 1 aromatic carbocycles. The van der Waals surface area contributed by atoms with Gasteiger partial charge < -0.3 is 19.8 Å². The normalized spacial score (nSPS) is 22.4. The van der Waals surface area contributed by atoms with Crippen LogP contribution in [0.2, 0.25) is 0 Å². The van der Waals surface area contributed by atoms with Gasteiger partial charge in [-0.15, -0.1) is 0 Å². The number of carboxylic acids is 1. The summed E-state index contributed by atoms with van der Waals surface area (Å²) in [7, 11) is 1.55. The highest BCUT2D eigenvalue weighted by atomic mass is 32.2. The third-order valence-corrected chi connectivity index (χ3v) is 8.80. The highest BCUT2D eigenvalue weighted by Crippen LogP contribution is 2.36. The average molecular weight is 491 g/mol.